The Bertz CT molecular complexity index is 468. The molecule has 0 bridgehead atoms. The summed E-state index contributed by atoms with van der Waals surface area (Å²) in [5.41, 5.74) is 0.626. The maximum atomic E-state index is 11.9. The van der Waals surface area contributed by atoms with Crippen molar-refractivity contribution in [1.82, 2.24) is 4.90 Å². The summed E-state index contributed by atoms with van der Waals surface area (Å²) in [7, 11) is 1.55. The average Bonchev–Trinajstić information content (AvgIpc) is 2.38. The molecule has 118 valence electrons. The van der Waals surface area contributed by atoms with Crippen LogP contribution in [0.4, 0.5) is 5.69 Å². The maximum Gasteiger partial charge on any atom is 0.317 e. The number of carboxylic acid groups (broad SMARTS) is 1. The lowest BCUT2D eigenvalue weighted by atomic mass is 10.3. The zero-order valence-electron chi connectivity index (χ0n) is 12.2. The minimum absolute atomic E-state index is 0. The standard InChI is InChI=1S/C14H20N2O4.ClH/c1-3-7-16(10-14(18)19)9-13(17)15-11-5-4-6-12(8-11)20-2;/h4-6,8H,3,7,9-10H2,1-2H3,(H,15,17)(H,18,19);1H. The van der Waals surface area contributed by atoms with Crippen molar-refractivity contribution in [2.45, 2.75) is 13.3 Å². The highest BCUT2D eigenvalue weighted by Gasteiger charge is 2.13. The van der Waals surface area contributed by atoms with Crippen LogP contribution in [0, 0.1) is 0 Å². The molecule has 0 atom stereocenters. The number of aliphatic carboxylic acids is 1. The Hall–Kier alpha value is -1.79. The third-order valence-electron chi connectivity index (χ3n) is 2.62. The number of hydrogen-bond donors (Lipinski definition) is 2. The first-order valence-electron chi connectivity index (χ1n) is 6.43. The van der Waals surface area contributed by atoms with E-state index in [4.69, 9.17) is 9.84 Å². The summed E-state index contributed by atoms with van der Waals surface area (Å²) in [6.45, 7) is 2.42. The molecule has 1 aromatic carbocycles. The van der Waals surface area contributed by atoms with E-state index in [1.165, 1.54) is 0 Å². The Morgan fingerprint density at radius 2 is 2.05 bits per heavy atom. The zero-order chi connectivity index (χ0) is 15.0. The molecule has 6 nitrogen and oxygen atoms in total. The van der Waals surface area contributed by atoms with Gasteiger partial charge in [-0.15, -0.1) is 12.4 Å². The summed E-state index contributed by atoms with van der Waals surface area (Å²) in [4.78, 5) is 24.2. The van der Waals surface area contributed by atoms with Crippen molar-refractivity contribution in [2.24, 2.45) is 0 Å². The van der Waals surface area contributed by atoms with E-state index >= 15 is 0 Å². The molecule has 1 aromatic rings. The van der Waals surface area contributed by atoms with Gasteiger partial charge in [0.25, 0.3) is 0 Å². The van der Waals surface area contributed by atoms with E-state index in [0.29, 0.717) is 18.0 Å². The van der Waals surface area contributed by atoms with Crippen LogP contribution in [0.3, 0.4) is 0 Å². The molecule has 0 spiro atoms. The SMILES string of the molecule is CCCN(CC(=O)O)CC(=O)Nc1cccc(OC)c1.Cl. The number of rotatable bonds is 8. The number of carboxylic acids is 1. The average molecular weight is 317 g/mol. The van der Waals surface area contributed by atoms with Gasteiger partial charge in [-0.3, -0.25) is 14.5 Å². The molecule has 0 aliphatic rings. The summed E-state index contributed by atoms with van der Waals surface area (Å²) in [5, 5.41) is 11.5. The Kier molecular flexibility index (Phi) is 9.16. The lowest BCUT2D eigenvalue weighted by molar-refractivity contribution is -0.138. The number of carbonyl (C=O) groups excluding carboxylic acids is 1. The summed E-state index contributed by atoms with van der Waals surface area (Å²) in [6, 6.07) is 7.01. The van der Waals surface area contributed by atoms with Gasteiger partial charge in [-0.2, -0.15) is 0 Å². The lowest BCUT2D eigenvalue weighted by Crippen LogP contribution is -2.37. The number of carbonyl (C=O) groups is 2. The molecule has 0 saturated heterocycles. The van der Waals surface area contributed by atoms with Crippen LogP contribution >= 0.6 is 12.4 Å². The molecule has 0 aromatic heterocycles. The fourth-order valence-electron chi connectivity index (χ4n) is 1.83. The van der Waals surface area contributed by atoms with E-state index in [0.717, 1.165) is 6.42 Å². The highest BCUT2D eigenvalue weighted by molar-refractivity contribution is 5.92. The zero-order valence-corrected chi connectivity index (χ0v) is 13.0. The van der Waals surface area contributed by atoms with Crippen molar-refractivity contribution >= 4 is 30.0 Å². The Morgan fingerprint density at radius 3 is 2.62 bits per heavy atom. The predicted octanol–water partition coefficient (Wildman–Crippen LogP) is 1.85. The lowest BCUT2D eigenvalue weighted by Gasteiger charge is -2.18. The number of benzene rings is 1. The molecule has 0 unspecified atom stereocenters. The van der Waals surface area contributed by atoms with Gasteiger partial charge >= 0.3 is 5.97 Å². The predicted molar refractivity (Wildman–Crippen MR) is 83.2 cm³/mol. The third-order valence-corrected chi connectivity index (χ3v) is 2.62. The fourth-order valence-corrected chi connectivity index (χ4v) is 1.83. The fraction of sp³-hybridized carbons (Fsp3) is 0.429. The second-order valence-corrected chi connectivity index (χ2v) is 4.38. The minimum Gasteiger partial charge on any atom is -0.497 e. The van der Waals surface area contributed by atoms with Crippen LogP contribution in [0.5, 0.6) is 5.75 Å². The molecule has 0 heterocycles. The summed E-state index contributed by atoms with van der Waals surface area (Å²) in [6.07, 6.45) is 0.791. The first-order chi connectivity index (χ1) is 9.55. The van der Waals surface area contributed by atoms with E-state index in [1.807, 2.05) is 6.92 Å². The topological polar surface area (TPSA) is 78.9 Å². The third kappa shape index (κ3) is 7.53. The van der Waals surface area contributed by atoms with E-state index in [-0.39, 0.29) is 31.4 Å². The molecular formula is C14H21ClN2O4. The summed E-state index contributed by atoms with van der Waals surface area (Å²) < 4.78 is 5.07. The van der Waals surface area contributed by atoms with Crippen LogP contribution in [-0.4, -0.2) is 48.6 Å². The van der Waals surface area contributed by atoms with Gasteiger partial charge in [-0.05, 0) is 25.1 Å². The monoisotopic (exact) mass is 316 g/mol. The Labute approximate surface area is 130 Å². The van der Waals surface area contributed by atoms with Gasteiger partial charge in [0.05, 0.1) is 20.2 Å². The van der Waals surface area contributed by atoms with Gasteiger partial charge in [0.1, 0.15) is 5.75 Å². The Balaban J connectivity index is 0.00000400. The van der Waals surface area contributed by atoms with Gasteiger partial charge in [0.2, 0.25) is 5.91 Å². The van der Waals surface area contributed by atoms with Gasteiger partial charge in [-0.1, -0.05) is 13.0 Å². The maximum absolute atomic E-state index is 11.9. The first-order valence-corrected chi connectivity index (χ1v) is 6.43. The molecule has 0 saturated carbocycles. The number of nitrogens with one attached hydrogen (secondary N) is 1. The van der Waals surface area contributed by atoms with Crippen LogP contribution in [0.1, 0.15) is 13.3 Å². The second-order valence-electron chi connectivity index (χ2n) is 4.38. The molecule has 1 rings (SSSR count). The van der Waals surface area contributed by atoms with Gasteiger partial charge in [0.15, 0.2) is 0 Å². The van der Waals surface area contributed by atoms with Crippen LogP contribution in [0.25, 0.3) is 0 Å². The van der Waals surface area contributed by atoms with Crippen LogP contribution in [-0.2, 0) is 9.59 Å². The number of nitrogens with zero attached hydrogens (tertiary/aromatic N) is 1. The molecular weight excluding hydrogens is 296 g/mol. The summed E-state index contributed by atoms with van der Waals surface area (Å²) in [5.74, 6) is -0.528. The van der Waals surface area contributed by atoms with Gasteiger partial charge < -0.3 is 15.2 Å². The number of amides is 1. The molecule has 21 heavy (non-hydrogen) atoms. The van der Waals surface area contributed by atoms with E-state index in [1.54, 1.807) is 36.3 Å². The minimum atomic E-state index is -0.937. The molecule has 0 aliphatic heterocycles. The van der Waals surface area contributed by atoms with Crippen molar-refractivity contribution in [3.8, 4) is 5.75 Å². The van der Waals surface area contributed by atoms with Crippen LogP contribution < -0.4 is 10.1 Å². The smallest absolute Gasteiger partial charge is 0.317 e. The number of hydrogen-bond acceptors (Lipinski definition) is 4. The van der Waals surface area contributed by atoms with Crippen molar-refractivity contribution in [3.63, 3.8) is 0 Å². The Morgan fingerprint density at radius 1 is 1.33 bits per heavy atom. The van der Waals surface area contributed by atoms with Crippen LogP contribution in [0.2, 0.25) is 0 Å². The molecule has 7 heteroatoms. The van der Waals surface area contributed by atoms with Gasteiger partial charge in [0, 0.05) is 11.8 Å². The number of halogens is 1. The normalized spacial score (nSPS) is 9.86. The quantitative estimate of drug-likeness (QED) is 0.765. The number of ether oxygens (including phenoxy) is 1. The molecule has 0 aliphatic carbocycles. The van der Waals surface area contributed by atoms with Crippen molar-refractivity contribution in [3.05, 3.63) is 24.3 Å². The van der Waals surface area contributed by atoms with Crippen molar-refractivity contribution in [1.29, 1.82) is 0 Å². The van der Waals surface area contributed by atoms with E-state index < -0.39 is 5.97 Å². The molecule has 2 N–H and O–H groups in total. The van der Waals surface area contributed by atoms with Gasteiger partial charge in [-0.25, -0.2) is 0 Å². The van der Waals surface area contributed by atoms with Crippen LogP contribution in [0.15, 0.2) is 24.3 Å². The highest BCUT2D eigenvalue weighted by atomic mass is 35.5. The van der Waals surface area contributed by atoms with Crippen molar-refractivity contribution in [2.75, 3.05) is 32.1 Å². The largest absolute Gasteiger partial charge is 0.497 e. The first kappa shape index (κ1) is 19.2. The van der Waals surface area contributed by atoms with E-state index in [2.05, 4.69) is 5.32 Å². The number of anilines is 1. The van der Waals surface area contributed by atoms with E-state index in [9.17, 15) is 9.59 Å². The molecule has 0 fully saturated rings. The molecule has 1 amide bonds. The van der Waals surface area contributed by atoms with Crippen molar-refractivity contribution < 1.29 is 19.4 Å². The molecule has 0 radical (unpaired) electrons. The second kappa shape index (κ2) is 10.0. The highest BCUT2D eigenvalue weighted by Crippen LogP contribution is 2.16. The summed E-state index contributed by atoms with van der Waals surface area (Å²) >= 11 is 0. The number of methoxy groups -OCH3 is 1.